The van der Waals surface area contributed by atoms with Crippen LogP contribution in [0.25, 0.3) is 0 Å². The molecular formula is C23H23FN2O5S. The lowest BCUT2D eigenvalue weighted by Crippen LogP contribution is -2.38. The van der Waals surface area contributed by atoms with E-state index in [1.54, 1.807) is 24.3 Å². The molecule has 0 aliphatic carbocycles. The molecule has 3 aromatic rings. The topological polar surface area (TPSA) is 84.9 Å². The van der Waals surface area contributed by atoms with E-state index in [9.17, 15) is 17.6 Å². The standard InChI is InChI=1S/C23H23FN2O5S/c1-3-31-21-12-14-22(15-13-21)32(28,29)26(19-8-4-17(24)5-9-19)16-23(27)25-18-6-10-20(30-2)11-7-18/h4-15H,3,16H2,1-2H3,(H,25,27). The van der Waals surface area contributed by atoms with Crippen molar-refractivity contribution >= 4 is 27.3 Å². The second-order valence-electron chi connectivity index (χ2n) is 6.67. The Morgan fingerprint density at radius 2 is 1.53 bits per heavy atom. The lowest BCUT2D eigenvalue weighted by atomic mass is 10.3. The fourth-order valence-electron chi connectivity index (χ4n) is 2.93. The third kappa shape index (κ3) is 5.55. The van der Waals surface area contributed by atoms with E-state index in [1.165, 1.54) is 43.5 Å². The molecule has 1 N–H and O–H groups in total. The number of sulfonamides is 1. The molecule has 0 radical (unpaired) electrons. The minimum absolute atomic E-state index is 0.0254. The molecule has 0 bridgehead atoms. The van der Waals surface area contributed by atoms with Crippen LogP contribution in [0.5, 0.6) is 11.5 Å². The van der Waals surface area contributed by atoms with Crippen LogP contribution in [0, 0.1) is 5.82 Å². The molecule has 9 heteroatoms. The molecule has 168 valence electrons. The highest BCUT2D eigenvalue weighted by Crippen LogP contribution is 2.26. The Hall–Kier alpha value is -3.59. The Morgan fingerprint density at radius 1 is 0.938 bits per heavy atom. The summed E-state index contributed by atoms with van der Waals surface area (Å²) >= 11 is 0. The number of halogens is 1. The van der Waals surface area contributed by atoms with Gasteiger partial charge < -0.3 is 14.8 Å². The summed E-state index contributed by atoms with van der Waals surface area (Å²) in [6.45, 7) is 1.76. The summed E-state index contributed by atoms with van der Waals surface area (Å²) in [6.07, 6.45) is 0. The van der Waals surface area contributed by atoms with Crippen molar-refractivity contribution < 1.29 is 27.1 Å². The first-order chi connectivity index (χ1) is 15.3. The SMILES string of the molecule is CCOc1ccc(S(=O)(=O)N(CC(=O)Nc2ccc(OC)cc2)c2ccc(F)cc2)cc1. The van der Waals surface area contributed by atoms with Gasteiger partial charge >= 0.3 is 0 Å². The Balaban J connectivity index is 1.88. The summed E-state index contributed by atoms with van der Waals surface area (Å²) in [5.74, 6) is 0.0647. The highest BCUT2D eigenvalue weighted by molar-refractivity contribution is 7.92. The predicted octanol–water partition coefficient (Wildman–Crippen LogP) is 4.07. The van der Waals surface area contributed by atoms with Crippen molar-refractivity contribution in [2.45, 2.75) is 11.8 Å². The van der Waals surface area contributed by atoms with E-state index in [0.717, 1.165) is 16.4 Å². The Kier molecular flexibility index (Phi) is 7.32. The van der Waals surface area contributed by atoms with E-state index in [0.29, 0.717) is 23.8 Å². The maximum atomic E-state index is 13.4. The highest BCUT2D eigenvalue weighted by atomic mass is 32.2. The highest BCUT2D eigenvalue weighted by Gasteiger charge is 2.27. The smallest absolute Gasteiger partial charge is 0.264 e. The number of nitrogens with one attached hydrogen (secondary N) is 1. The summed E-state index contributed by atoms with van der Waals surface area (Å²) in [5.41, 5.74) is 0.637. The summed E-state index contributed by atoms with van der Waals surface area (Å²) in [4.78, 5) is 12.7. The number of rotatable bonds is 9. The molecule has 0 unspecified atom stereocenters. The van der Waals surface area contributed by atoms with Crippen molar-refractivity contribution in [3.05, 3.63) is 78.6 Å². The van der Waals surface area contributed by atoms with Crippen molar-refractivity contribution in [1.29, 1.82) is 0 Å². The molecule has 32 heavy (non-hydrogen) atoms. The minimum atomic E-state index is -4.12. The molecule has 1 amide bonds. The van der Waals surface area contributed by atoms with E-state index in [2.05, 4.69) is 5.32 Å². The van der Waals surface area contributed by atoms with Gasteiger partial charge in [0.1, 0.15) is 23.9 Å². The Bertz CT molecular complexity index is 1150. The van der Waals surface area contributed by atoms with Crippen LogP contribution in [-0.2, 0) is 14.8 Å². The lowest BCUT2D eigenvalue weighted by Gasteiger charge is -2.24. The molecule has 0 fully saturated rings. The van der Waals surface area contributed by atoms with Crippen molar-refractivity contribution in [3.63, 3.8) is 0 Å². The second-order valence-corrected chi connectivity index (χ2v) is 8.53. The van der Waals surface area contributed by atoms with Crippen LogP contribution in [0.4, 0.5) is 15.8 Å². The number of hydrogen-bond acceptors (Lipinski definition) is 5. The van der Waals surface area contributed by atoms with Crippen LogP contribution in [0.1, 0.15) is 6.92 Å². The zero-order valence-electron chi connectivity index (χ0n) is 17.6. The minimum Gasteiger partial charge on any atom is -0.497 e. The number of benzene rings is 3. The molecule has 0 atom stereocenters. The molecule has 0 heterocycles. The molecule has 0 saturated carbocycles. The Morgan fingerprint density at radius 3 is 2.09 bits per heavy atom. The average molecular weight is 459 g/mol. The molecule has 3 rings (SSSR count). The van der Waals surface area contributed by atoms with Gasteiger partial charge in [0.25, 0.3) is 10.0 Å². The Labute approximate surface area is 186 Å². The van der Waals surface area contributed by atoms with Gasteiger partial charge in [0.05, 0.1) is 24.3 Å². The number of anilines is 2. The van der Waals surface area contributed by atoms with E-state index < -0.39 is 28.3 Å². The fourth-order valence-corrected chi connectivity index (χ4v) is 4.35. The van der Waals surface area contributed by atoms with Crippen LogP contribution >= 0.6 is 0 Å². The number of carbonyl (C=O) groups is 1. The lowest BCUT2D eigenvalue weighted by molar-refractivity contribution is -0.114. The number of carbonyl (C=O) groups excluding carboxylic acids is 1. The van der Waals surface area contributed by atoms with Gasteiger partial charge in [0.15, 0.2) is 0 Å². The van der Waals surface area contributed by atoms with E-state index in [1.807, 2.05) is 6.92 Å². The first-order valence-electron chi connectivity index (χ1n) is 9.78. The summed E-state index contributed by atoms with van der Waals surface area (Å²) in [6, 6.07) is 17.4. The predicted molar refractivity (Wildman–Crippen MR) is 120 cm³/mol. The third-order valence-corrected chi connectivity index (χ3v) is 6.29. The van der Waals surface area contributed by atoms with Crippen molar-refractivity contribution in [2.75, 3.05) is 29.9 Å². The van der Waals surface area contributed by atoms with Gasteiger partial charge in [0, 0.05) is 5.69 Å². The molecule has 0 spiro atoms. The summed E-state index contributed by atoms with van der Waals surface area (Å²) in [5, 5.41) is 2.66. The second kappa shape index (κ2) is 10.1. The summed E-state index contributed by atoms with van der Waals surface area (Å²) < 4.78 is 51.5. The van der Waals surface area contributed by atoms with Gasteiger partial charge in [0.2, 0.25) is 5.91 Å². The van der Waals surface area contributed by atoms with Gasteiger partial charge in [-0.3, -0.25) is 9.10 Å². The molecule has 0 aromatic heterocycles. The number of nitrogens with zero attached hydrogens (tertiary/aromatic N) is 1. The normalized spacial score (nSPS) is 11.0. The molecule has 0 saturated heterocycles. The van der Waals surface area contributed by atoms with Crippen LogP contribution in [-0.4, -0.2) is 34.6 Å². The number of hydrogen-bond donors (Lipinski definition) is 1. The van der Waals surface area contributed by atoms with Crippen molar-refractivity contribution in [2.24, 2.45) is 0 Å². The van der Waals surface area contributed by atoms with Crippen LogP contribution < -0.4 is 19.1 Å². The number of amides is 1. The van der Waals surface area contributed by atoms with Gasteiger partial charge in [-0.2, -0.15) is 0 Å². The van der Waals surface area contributed by atoms with Crippen molar-refractivity contribution in [3.8, 4) is 11.5 Å². The summed E-state index contributed by atoms with van der Waals surface area (Å²) in [7, 11) is -2.59. The third-order valence-electron chi connectivity index (χ3n) is 4.50. The van der Waals surface area contributed by atoms with E-state index in [4.69, 9.17) is 9.47 Å². The zero-order valence-corrected chi connectivity index (χ0v) is 18.4. The largest absolute Gasteiger partial charge is 0.497 e. The first kappa shape index (κ1) is 23.1. The molecule has 0 aliphatic heterocycles. The van der Waals surface area contributed by atoms with Crippen LogP contribution in [0.15, 0.2) is 77.7 Å². The molecule has 0 aliphatic rings. The molecular weight excluding hydrogens is 435 g/mol. The van der Waals surface area contributed by atoms with E-state index >= 15 is 0 Å². The monoisotopic (exact) mass is 458 g/mol. The maximum Gasteiger partial charge on any atom is 0.264 e. The quantitative estimate of drug-likeness (QED) is 0.523. The van der Waals surface area contributed by atoms with Gasteiger partial charge in [-0.25, -0.2) is 12.8 Å². The van der Waals surface area contributed by atoms with Crippen molar-refractivity contribution in [1.82, 2.24) is 0 Å². The first-order valence-corrected chi connectivity index (χ1v) is 11.2. The van der Waals surface area contributed by atoms with Gasteiger partial charge in [-0.05, 0) is 79.7 Å². The zero-order chi connectivity index (χ0) is 23.1. The van der Waals surface area contributed by atoms with Crippen LogP contribution in [0.2, 0.25) is 0 Å². The van der Waals surface area contributed by atoms with Crippen LogP contribution in [0.3, 0.4) is 0 Å². The van der Waals surface area contributed by atoms with Gasteiger partial charge in [-0.1, -0.05) is 0 Å². The molecule has 3 aromatic carbocycles. The van der Waals surface area contributed by atoms with Gasteiger partial charge in [-0.15, -0.1) is 0 Å². The number of methoxy groups -OCH3 is 1. The fraction of sp³-hybridized carbons (Fsp3) is 0.174. The average Bonchev–Trinajstić information content (AvgIpc) is 2.79. The maximum absolute atomic E-state index is 13.4. The molecule has 7 nitrogen and oxygen atoms in total. The number of ether oxygens (including phenoxy) is 2. The van der Waals surface area contributed by atoms with E-state index in [-0.39, 0.29) is 10.6 Å².